The molecule has 0 saturated heterocycles. The first-order valence-electron chi connectivity index (χ1n) is 14.7. The molecule has 1 fully saturated rings. The molecule has 0 unspecified atom stereocenters. The Kier molecular flexibility index (Phi) is 9.52. The Morgan fingerprint density at radius 3 is 2.24 bits per heavy atom. The van der Waals surface area contributed by atoms with Gasteiger partial charge in [-0.25, -0.2) is 0 Å². The molecule has 215 valence electrons. The maximum Gasteiger partial charge on any atom is 0.120 e. The molecule has 1 saturated carbocycles. The van der Waals surface area contributed by atoms with E-state index in [-0.39, 0.29) is 20.1 Å². The number of pyridine rings is 2. The standard InChI is InChI=1S/C20H18NOSi.C17H18N.Ir/c1-23(2,3)18-12-7-9-15-14-8-6-10-16(19(14)22-20(15)18)17-11-4-5-13-21-17;1-3-7-14(8-4-1)16-11-12-18-17(13-16)15-9-5-2-6-10-15;/h4-9,11-13H,1-3H3;2,5-6,9,11-14H,1,3-4,7-8H2;/q2*-1;. The zero-order chi connectivity index (χ0) is 28.2. The molecule has 0 bridgehead atoms. The van der Waals surface area contributed by atoms with Gasteiger partial charge in [-0.15, -0.1) is 54.1 Å². The van der Waals surface area contributed by atoms with Crippen LogP contribution in [-0.2, 0) is 20.1 Å². The summed E-state index contributed by atoms with van der Waals surface area (Å²) in [4.78, 5) is 8.93. The van der Waals surface area contributed by atoms with Gasteiger partial charge in [-0.2, -0.15) is 0 Å². The normalized spacial score (nSPS) is 13.8. The van der Waals surface area contributed by atoms with Crippen LogP contribution in [0, 0.1) is 12.1 Å². The first-order chi connectivity index (χ1) is 20.0. The summed E-state index contributed by atoms with van der Waals surface area (Å²) in [5, 5.41) is 3.68. The molecule has 5 heteroatoms. The van der Waals surface area contributed by atoms with Crippen LogP contribution in [-0.4, -0.2) is 18.0 Å². The zero-order valence-electron chi connectivity index (χ0n) is 24.5. The van der Waals surface area contributed by atoms with Gasteiger partial charge in [0.05, 0.1) is 13.7 Å². The number of benzene rings is 3. The molecule has 42 heavy (non-hydrogen) atoms. The molecule has 0 N–H and O–H groups in total. The van der Waals surface area contributed by atoms with Crippen LogP contribution < -0.4 is 5.19 Å². The average Bonchev–Trinajstić information content (AvgIpc) is 3.41. The maximum absolute atomic E-state index is 6.36. The van der Waals surface area contributed by atoms with Gasteiger partial charge >= 0.3 is 0 Å². The molecule has 0 amide bonds. The SMILES string of the molecule is C[Si](C)(C)c1cccc2c1oc1c(-c3ccccn3)[c-]ccc12.[Ir].[c-]1ccccc1-c1cc(C2CCCCC2)ccn1. The number of fused-ring (bicyclic) bond motifs is 3. The summed E-state index contributed by atoms with van der Waals surface area (Å²) in [7, 11) is -1.48. The molecule has 1 aliphatic rings. The van der Waals surface area contributed by atoms with E-state index in [1.54, 1.807) is 6.20 Å². The Morgan fingerprint density at radius 2 is 1.50 bits per heavy atom. The van der Waals surface area contributed by atoms with E-state index in [4.69, 9.17) is 4.42 Å². The summed E-state index contributed by atoms with van der Waals surface area (Å²) in [6.07, 6.45) is 10.6. The molecule has 1 radical (unpaired) electrons. The molecule has 0 aliphatic heterocycles. The minimum atomic E-state index is -1.48. The fourth-order valence-corrected chi connectivity index (χ4v) is 7.35. The Morgan fingerprint density at radius 1 is 0.714 bits per heavy atom. The van der Waals surface area contributed by atoms with Crippen LogP contribution >= 0.6 is 0 Å². The molecule has 1 aliphatic carbocycles. The van der Waals surface area contributed by atoms with Crippen LogP contribution in [0.25, 0.3) is 44.5 Å². The van der Waals surface area contributed by atoms with Crippen molar-refractivity contribution < 1.29 is 24.5 Å². The van der Waals surface area contributed by atoms with Crippen molar-refractivity contribution >= 4 is 35.2 Å². The third-order valence-corrected chi connectivity index (χ3v) is 10.0. The van der Waals surface area contributed by atoms with Gasteiger partial charge in [-0.3, -0.25) is 0 Å². The van der Waals surface area contributed by atoms with Gasteiger partial charge in [0.25, 0.3) is 0 Å². The van der Waals surface area contributed by atoms with E-state index in [0.29, 0.717) is 0 Å². The molecule has 6 aromatic rings. The van der Waals surface area contributed by atoms with Crippen molar-refractivity contribution in [1.82, 2.24) is 9.97 Å². The van der Waals surface area contributed by atoms with Crippen molar-refractivity contribution in [2.45, 2.75) is 57.7 Å². The topological polar surface area (TPSA) is 38.9 Å². The van der Waals surface area contributed by atoms with Crippen LogP contribution in [0.1, 0.15) is 43.6 Å². The second-order valence-corrected chi connectivity index (χ2v) is 17.0. The number of nitrogens with zero attached hydrogens (tertiary/aromatic N) is 2. The predicted octanol–water partition coefficient (Wildman–Crippen LogP) is 9.59. The summed E-state index contributed by atoms with van der Waals surface area (Å²) < 4.78 is 6.36. The van der Waals surface area contributed by atoms with Gasteiger partial charge in [0.15, 0.2) is 0 Å². The summed E-state index contributed by atoms with van der Waals surface area (Å²) in [6.45, 7) is 7.04. The van der Waals surface area contributed by atoms with Gasteiger partial charge in [0.2, 0.25) is 0 Å². The van der Waals surface area contributed by atoms with Crippen LogP contribution in [0.3, 0.4) is 0 Å². The predicted molar refractivity (Wildman–Crippen MR) is 173 cm³/mol. The maximum atomic E-state index is 6.36. The first kappa shape index (κ1) is 30.1. The van der Waals surface area contributed by atoms with E-state index < -0.39 is 8.07 Å². The molecule has 3 heterocycles. The van der Waals surface area contributed by atoms with Crippen LogP contribution in [0.4, 0.5) is 0 Å². The molecule has 3 aromatic carbocycles. The minimum Gasteiger partial charge on any atom is -0.501 e. The third-order valence-electron chi connectivity index (χ3n) is 8.03. The first-order valence-corrected chi connectivity index (χ1v) is 18.2. The fraction of sp³-hybridized carbons (Fsp3) is 0.243. The van der Waals surface area contributed by atoms with Crippen molar-refractivity contribution in [2.24, 2.45) is 0 Å². The Hall–Kier alpha value is -3.37. The number of hydrogen-bond acceptors (Lipinski definition) is 3. The second kappa shape index (κ2) is 13.3. The van der Waals surface area contributed by atoms with E-state index in [0.717, 1.165) is 45.0 Å². The number of para-hydroxylation sites is 1. The van der Waals surface area contributed by atoms with Crippen LogP contribution in [0.5, 0.6) is 0 Å². The summed E-state index contributed by atoms with van der Waals surface area (Å²) >= 11 is 0. The quantitative estimate of drug-likeness (QED) is 0.133. The minimum absolute atomic E-state index is 0. The van der Waals surface area contributed by atoms with Gasteiger partial charge in [-0.05, 0) is 47.5 Å². The third kappa shape index (κ3) is 6.49. The smallest absolute Gasteiger partial charge is 0.120 e. The Bertz CT molecular complexity index is 1750. The van der Waals surface area contributed by atoms with E-state index in [2.05, 4.69) is 84.2 Å². The summed E-state index contributed by atoms with van der Waals surface area (Å²) in [6, 6.07) is 35.5. The second-order valence-electron chi connectivity index (χ2n) is 11.9. The molecular weight excluding hydrogens is 709 g/mol. The van der Waals surface area contributed by atoms with E-state index in [1.807, 2.05) is 48.7 Å². The fourth-order valence-electron chi connectivity index (χ4n) is 5.89. The molecule has 3 aromatic heterocycles. The molecule has 3 nitrogen and oxygen atoms in total. The molecular formula is C37H36IrN2OSi-2. The monoisotopic (exact) mass is 745 g/mol. The molecule has 0 spiro atoms. The Labute approximate surface area is 263 Å². The average molecular weight is 745 g/mol. The summed E-state index contributed by atoms with van der Waals surface area (Å²) in [5.41, 5.74) is 7.34. The van der Waals surface area contributed by atoms with Gasteiger partial charge < -0.3 is 14.4 Å². The van der Waals surface area contributed by atoms with E-state index in [1.165, 1.54) is 48.2 Å². The van der Waals surface area contributed by atoms with Gasteiger partial charge in [0.1, 0.15) is 5.58 Å². The van der Waals surface area contributed by atoms with Crippen molar-refractivity contribution in [3.05, 3.63) is 115 Å². The number of furan rings is 1. The Balaban J connectivity index is 0.000000169. The van der Waals surface area contributed by atoms with Crippen molar-refractivity contribution in [3.8, 4) is 22.5 Å². The van der Waals surface area contributed by atoms with Crippen LogP contribution in [0.15, 0.2) is 102 Å². The van der Waals surface area contributed by atoms with Gasteiger partial charge in [0, 0.05) is 37.9 Å². The van der Waals surface area contributed by atoms with Crippen molar-refractivity contribution in [1.29, 1.82) is 0 Å². The molecule has 7 rings (SSSR count). The number of rotatable bonds is 4. The number of hydrogen-bond donors (Lipinski definition) is 0. The van der Waals surface area contributed by atoms with E-state index >= 15 is 0 Å². The number of aromatic nitrogens is 2. The molecule has 0 atom stereocenters. The van der Waals surface area contributed by atoms with Gasteiger partial charge in [-0.1, -0.05) is 91.8 Å². The zero-order valence-corrected chi connectivity index (χ0v) is 27.9. The largest absolute Gasteiger partial charge is 0.501 e. The van der Waals surface area contributed by atoms with E-state index in [9.17, 15) is 0 Å². The van der Waals surface area contributed by atoms with Crippen molar-refractivity contribution in [2.75, 3.05) is 0 Å². The summed E-state index contributed by atoms with van der Waals surface area (Å²) in [5.74, 6) is 0.740. The van der Waals surface area contributed by atoms with Crippen molar-refractivity contribution in [3.63, 3.8) is 0 Å². The van der Waals surface area contributed by atoms with Crippen LogP contribution in [0.2, 0.25) is 19.6 Å².